The molecule has 2 heterocycles. The highest BCUT2D eigenvalue weighted by molar-refractivity contribution is 5.69. The lowest BCUT2D eigenvalue weighted by Gasteiger charge is -2.29. The molecule has 2 aromatic heterocycles. The zero-order chi connectivity index (χ0) is 24.3. The lowest BCUT2D eigenvalue weighted by molar-refractivity contribution is -0.00534. The van der Waals surface area contributed by atoms with Gasteiger partial charge >= 0.3 is 0 Å². The summed E-state index contributed by atoms with van der Waals surface area (Å²) in [6, 6.07) is 13.5. The minimum atomic E-state index is -1.67. The second kappa shape index (κ2) is 9.35. The van der Waals surface area contributed by atoms with Gasteiger partial charge in [-0.3, -0.25) is 0 Å². The maximum Gasteiger partial charge on any atom is 0.137 e. The van der Waals surface area contributed by atoms with Gasteiger partial charge in [0.25, 0.3) is 0 Å². The van der Waals surface area contributed by atoms with Gasteiger partial charge in [0.2, 0.25) is 0 Å². The highest BCUT2D eigenvalue weighted by atomic mass is 19.1. The van der Waals surface area contributed by atoms with E-state index in [0.717, 1.165) is 23.3 Å². The summed E-state index contributed by atoms with van der Waals surface area (Å²) < 4.78 is 31.3. The van der Waals surface area contributed by atoms with Crippen LogP contribution in [-0.4, -0.2) is 24.4 Å². The Bertz CT molecular complexity index is 1270. The third-order valence-electron chi connectivity index (χ3n) is 5.79. The molecule has 34 heavy (non-hydrogen) atoms. The van der Waals surface area contributed by atoms with E-state index in [-0.39, 0.29) is 24.1 Å². The SMILES string of the molecule is CC(C)(C)c1ccc(/C=C/c2ccn(CC(O)(Cn3cncn3)c3ccc(F)cc3F)c2)cc1. The van der Waals surface area contributed by atoms with Gasteiger partial charge in [-0.2, -0.15) is 5.10 Å². The van der Waals surface area contributed by atoms with Crippen LogP contribution in [0.2, 0.25) is 0 Å². The van der Waals surface area contributed by atoms with E-state index in [1.54, 1.807) is 4.57 Å². The van der Waals surface area contributed by atoms with Gasteiger partial charge in [0.05, 0.1) is 13.1 Å². The molecule has 5 nitrogen and oxygen atoms in total. The molecule has 0 aliphatic heterocycles. The van der Waals surface area contributed by atoms with Crippen molar-refractivity contribution in [3.63, 3.8) is 0 Å². The molecule has 2 aromatic carbocycles. The van der Waals surface area contributed by atoms with E-state index < -0.39 is 17.2 Å². The largest absolute Gasteiger partial charge is 0.381 e. The first-order chi connectivity index (χ1) is 16.1. The molecule has 0 aliphatic rings. The Balaban J connectivity index is 1.55. The molecular weight excluding hydrogens is 434 g/mol. The predicted molar refractivity (Wildman–Crippen MR) is 129 cm³/mol. The Hall–Kier alpha value is -3.58. The van der Waals surface area contributed by atoms with Crippen molar-refractivity contribution < 1.29 is 13.9 Å². The second-order valence-corrected chi connectivity index (χ2v) is 9.57. The summed E-state index contributed by atoms with van der Waals surface area (Å²) >= 11 is 0. The molecule has 1 N–H and O–H groups in total. The van der Waals surface area contributed by atoms with E-state index in [9.17, 15) is 13.9 Å². The molecular formula is C27H28F2N4O. The molecule has 4 aromatic rings. The normalized spacial score (nSPS) is 13.9. The maximum atomic E-state index is 14.6. The molecule has 0 saturated heterocycles. The number of benzene rings is 2. The van der Waals surface area contributed by atoms with Crippen molar-refractivity contribution in [1.29, 1.82) is 0 Å². The van der Waals surface area contributed by atoms with Crippen molar-refractivity contribution in [1.82, 2.24) is 19.3 Å². The average molecular weight is 463 g/mol. The number of rotatable bonds is 7. The smallest absolute Gasteiger partial charge is 0.137 e. The monoisotopic (exact) mass is 462 g/mol. The summed E-state index contributed by atoms with van der Waals surface area (Å²) in [5.74, 6) is -1.51. The second-order valence-electron chi connectivity index (χ2n) is 9.57. The minimum Gasteiger partial charge on any atom is -0.381 e. The highest BCUT2D eigenvalue weighted by Gasteiger charge is 2.34. The van der Waals surface area contributed by atoms with Gasteiger partial charge < -0.3 is 9.67 Å². The van der Waals surface area contributed by atoms with Gasteiger partial charge in [-0.25, -0.2) is 18.4 Å². The van der Waals surface area contributed by atoms with Crippen molar-refractivity contribution >= 4 is 12.2 Å². The quantitative estimate of drug-likeness (QED) is 0.399. The summed E-state index contributed by atoms with van der Waals surface area (Å²) in [5, 5.41) is 15.5. The lowest BCUT2D eigenvalue weighted by Crippen LogP contribution is -2.37. The Labute approximate surface area is 198 Å². The molecule has 0 bridgehead atoms. The van der Waals surface area contributed by atoms with Crippen LogP contribution in [0.3, 0.4) is 0 Å². The fourth-order valence-electron chi connectivity index (χ4n) is 3.91. The standard InChI is InChI=1S/C27H28F2N4O/c1-26(2,3)22-8-6-20(7-9-22)4-5-21-12-13-32(15-21)16-27(34,17-33-19-30-18-31-33)24-11-10-23(28)14-25(24)29/h4-15,18-19,34H,16-17H2,1-3H3/b5-4+. The van der Waals surface area contributed by atoms with Crippen LogP contribution < -0.4 is 0 Å². The van der Waals surface area contributed by atoms with E-state index in [4.69, 9.17) is 0 Å². The number of aromatic nitrogens is 4. The van der Waals surface area contributed by atoms with Crippen LogP contribution in [-0.2, 0) is 24.1 Å². The average Bonchev–Trinajstić information content (AvgIpc) is 3.43. The van der Waals surface area contributed by atoms with Crippen molar-refractivity contribution in [3.05, 3.63) is 107 Å². The topological polar surface area (TPSA) is 55.9 Å². The number of halogens is 2. The first kappa shape index (κ1) is 23.6. The maximum absolute atomic E-state index is 14.6. The number of nitrogens with zero attached hydrogens (tertiary/aromatic N) is 4. The van der Waals surface area contributed by atoms with E-state index >= 15 is 0 Å². The third kappa shape index (κ3) is 5.48. The van der Waals surface area contributed by atoms with Crippen LogP contribution in [0.5, 0.6) is 0 Å². The van der Waals surface area contributed by atoms with Crippen LogP contribution >= 0.6 is 0 Å². The van der Waals surface area contributed by atoms with E-state index in [0.29, 0.717) is 0 Å². The molecule has 0 spiro atoms. The zero-order valence-corrected chi connectivity index (χ0v) is 19.5. The molecule has 0 fully saturated rings. The van der Waals surface area contributed by atoms with E-state index in [1.165, 1.54) is 29.0 Å². The number of hydrogen-bond donors (Lipinski definition) is 1. The first-order valence-electron chi connectivity index (χ1n) is 11.1. The zero-order valence-electron chi connectivity index (χ0n) is 19.5. The molecule has 176 valence electrons. The van der Waals surface area contributed by atoms with E-state index in [1.807, 2.05) is 30.6 Å². The lowest BCUT2D eigenvalue weighted by atomic mass is 9.87. The van der Waals surface area contributed by atoms with Crippen LogP contribution in [0.4, 0.5) is 8.78 Å². The van der Waals surface area contributed by atoms with Crippen molar-refractivity contribution in [2.24, 2.45) is 0 Å². The Kier molecular flexibility index (Phi) is 6.48. The molecule has 1 atom stereocenters. The van der Waals surface area contributed by atoms with Crippen LogP contribution in [0.25, 0.3) is 12.2 Å². The van der Waals surface area contributed by atoms with Gasteiger partial charge in [-0.15, -0.1) is 0 Å². The summed E-state index contributed by atoms with van der Waals surface area (Å²) in [6.45, 7) is 6.55. The van der Waals surface area contributed by atoms with Gasteiger partial charge in [0.1, 0.15) is 29.9 Å². The molecule has 0 saturated carbocycles. The minimum absolute atomic E-state index is 0.00544. The van der Waals surface area contributed by atoms with Crippen molar-refractivity contribution in [3.8, 4) is 0 Å². The van der Waals surface area contributed by atoms with Gasteiger partial charge in [-0.1, -0.05) is 63.3 Å². The molecule has 0 radical (unpaired) electrons. The van der Waals surface area contributed by atoms with Gasteiger partial charge in [0.15, 0.2) is 0 Å². The third-order valence-corrected chi connectivity index (χ3v) is 5.79. The predicted octanol–water partition coefficient (Wildman–Crippen LogP) is 5.41. The fourth-order valence-corrected chi connectivity index (χ4v) is 3.91. The van der Waals surface area contributed by atoms with Crippen molar-refractivity contribution in [2.45, 2.75) is 44.9 Å². The fraction of sp³-hybridized carbons (Fsp3) is 0.259. The van der Waals surface area contributed by atoms with Crippen LogP contribution in [0.15, 0.2) is 73.6 Å². The Morgan fingerprint density at radius 3 is 2.32 bits per heavy atom. The van der Waals surface area contributed by atoms with Gasteiger partial charge in [-0.05, 0) is 34.2 Å². The summed E-state index contributed by atoms with van der Waals surface area (Å²) in [7, 11) is 0. The number of hydrogen-bond acceptors (Lipinski definition) is 3. The van der Waals surface area contributed by atoms with Crippen LogP contribution in [0.1, 0.15) is 43.0 Å². The Morgan fingerprint density at radius 2 is 1.68 bits per heavy atom. The Morgan fingerprint density at radius 1 is 0.941 bits per heavy atom. The molecule has 4 rings (SSSR count). The molecule has 1 unspecified atom stereocenters. The molecule has 0 aliphatic carbocycles. The van der Waals surface area contributed by atoms with Crippen molar-refractivity contribution in [2.75, 3.05) is 0 Å². The summed E-state index contributed by atoms with van der Waals surface area (Å²) in [4.78, 5) is 3.89. The van der Waals surface area contributed by atoms with E-state index in [2.05, 4.69) is 55.1 Å². The van der Waals surface area contributed by atoms with Gasteiger partial charge in [0, 0.05) is 24.0 Å². The summed E-state index contributed by atoms with van der Waals surface area (Å²) in [6.07, 6.45) is 10.5. The molecule has 0 amide bonds. The summed E-state index contributed by atoms with van der Waals surface area (Å²) in [5.41, 5.74) is 1.71. The highest BCUT2D eigenvalue weighted by Crippen LogP contribution is 2.29. The molecule has 7 heteroatoms. The number of aliphatic hydroxyl groups is 1. The van der Waals surface area contributed by atoms with Crippen LogP contribution in [0, 0.1) is 11.6 Å². The first-order valence-corrected chi connectivity index (χ1v) is 11.1.